The summed E-state index contributed by atoms with van der Waals surface area (Å²) in [7, 11) is 2.05. The SMILES string of the molecule is CCc1nc(C(C)C)ccc1-c1nc2c(cc1C)c([C@@H](C)CCO)cn2C. The van der Waals surface area contributed by atoms with E-state index in [0.29, 0.717) is 11.8 Å². The van der Waals surface area contributed by atoms with Crippen LogP contribution in [0.2, 0.25) is 0 Å². The van der Waals surface area contributed by atoms with Gasteiger partial charge in [-0.2, -0.15) is 0 Å². The lowest BCUT2D eigenvalue weighted by Crippen LogP contribution is -2.02. The Morgan fingerprint density at radius 2 is 1.89 bits per heavy atom. The summed E-state index contributed by atoms with van der Waals surface area (Å²) in [5, 5.41) is 10.5. The van der Waals surface area contributed by atoms with Crippen molar-refractivity contribution in [2.75, 3.05) is 6.61 Å². The summed E-state index contributed by atoms with van der Waals surface area (Å²) < 4.78 is 2.10. The van der Waals surface area contributed by atoms with Gasteiger partial charge in [-0.05, 0) is 60.9 Å². The zero-order valence-corrected chi connectivity index (χ0v) is 17.4. The van der Waals surface area contributed by atoms with Crippen molar-refractivity contribution < 1.29 is 5.11 Å². The predicted molar refractivity (Wildman–Crippen MR) is 112 cm³/mol. The summed E-state index contributed by atoms with van der Waals surface area (Å²) in [6.07, 6.45) is 3.81. The maximum absolute atomic E-state index is 9.31. The predicted octanol–water partition coefficient (Wildman–Crippen LogP) is 5.12. The van der Waals surface area contributed by atoms with E-state index in [1.165, 1.54) is 16.5 Å². The molecule has 0 amide bonds. The van der Waals surface area contributed by atoms with Gasteiger partial charge in [-0.3, -0.25) is 4.98 Å². The number of aliphatic hydroxyl groups is 1. The molecule has 0 aliphatic heterocycles. The van der Waals surface area contributed by atoms with Gasteiger partial charge >= 0.3 is 0 Å². The van der Waals surface area contributed by atoms with E-state index in [9.17, 15) is 5.11 Å². The van der Waals surface area contributed by atoms with Crippen LogP contribution in [0, 0.1) is 6.92 Å². The molecule has 0 aliphatic carbocycles. The molecule has 0 radical (unpaired) electrons. The van der Waals surface area contributed by atoms with E-state index < -0.39 is 0 Å². The van der Waals surface area contributed by atoms with Crippen molar-refractivity contribution in [1.29, 1.82) is 0 Å². The van der Waals surface area contributed by atoms with Gasteiger partial charge in [0.15, 0.2) is 0 Å². The molecular formula is C23H31N3O. The van der Waals surface area contributed by atoms with Crippen LogP contribution in [0.15, 0.2) is 24.4 Å². The van der Waals surface area contributed by atoms with Gasteiger partial charge in [-0.1, -0.05) is 27.7 Å². The highest BCUT2D eigenvalue weighted by molar-refractivity contribution is 5.85. The third kappa shape index (κ3) is 3.63. The maximum atomic E-state index is 9.31. The second-order valence-corrected chi connectivity index (χ2v) is 7.87. The molecule has 3 aromatic heterocycles. The number of pyridine rings is 2. The number of hydrogen-bond acceptors (Lipinski definition) is 3. The summed E-state index contributed by atoms with van der Waals surface area (Å²) in [5.41, 5.74) is 7.81. The van der Waals surface area contributed by atoms with Gasteiger partial charge in [0, 0.05) is 42.2 Å². The van der Waals surface area contributed by atoms with Crippen LogP contribution in [0.4, 0.5) is 0 Å². The van der Waals surface area contributed by atoms with Crippen molar-refractivity contribution >= 4 is 11.0 Å². The molecular weight excluding hydrogens is 334 g/mol. The zero-order valence-electron chi connectivity index (χ0n) is 17.4. The fourth-order valence-electron chi connectivity index (χ4n) is 3.76. The average Bonchev–Trinajstić information content (AvgIpc) is 2.96. The first-order valence-corrected chi connectivity index (χ1v) is 9.94. The summed E-state index contributed by atoms with van der Waals surface area (Å²) in [5.74, 6) is 0.730. The van der Waals surface area contributed by atoms with E-state index in [0.717, 1.165) is 41.1 Å². The summed E-state index contributed by atoms with van der Waals surface area (Å²) in [6.45, 7) is 11.0. The van der Waals surface area contributed by atoms with Crippen LogP contribution in [-0.4, -0.2) is 26.2 Å². The number of rotatable bonds is 6. The van der Waals surface area contributed by atoms with Crippen molar-refractivity contribution in [3.05, 3.63) is 46.9 Å². The van der Waals surface area contributed by atoms with Gasteiger partial charge in [0.1, 0.15) is 5.65 Å². The molecule has 1 N–H and O–H groups in total. The number of fused-ring (bicyclic) bond motifs is 1. The smallest absolute Gasteiger partial charge is 0.140 e. The first kappa shape index (κ1) is 19.6. The van der Waals surface area contributed by atoms with Crippen LogP contribution in [0.5, 0.6) is 0 Å². The van der Waals surface area contributed by atoms with Crippen LogP contribution < -0.4 is 0 Å². The van der Waals surface area contributed by atoms with E-state index in [-0.39, 0.29) is 6.61 Å². The van der Waals surface area contributed by atoms with Crippen molar-refractivity contribution in [2.45, 2.75) is 59.3 Å². The maximum Gasteiger partial charge on any atom is 0.140 e. The minimum atomic E-state index is 0.204. The largest absolute Gasteiger partial charge is 0.396 e. The zero-order chi connectivity index (χ0) is 19.7. The first-order chi connectivity index (χ1) is 12.9. The molecule has 0 aromatic carbocycles. The Morgan fingerprint density at radius 3 is 2.52 bits per heavy atom. The van der Waals surface area contributed by atoms with Gasteiger partial charge in [0.05, 0.1) is 5.69 Å². The Hall–Kier alpha value is -2.20. The average molecular weight is 366 g/mol. The standard InChI is InChI=1S/C23H31N3O/c1-7-20-17(8-9-21(24-20)14(2)3)22-16(5)12-18-19(15(4)10-11-27)13-26(6)23(18)25-22/h8-9,12-15,27H,7,10-11H2,1-6H3/t15-/m0/s1. The molecule has 3 heterocycles. The normalized spacial score (nSPS) is 12.9. The van der Waals surface area contributed by atoms with E-state index in [1.807, 2.05) is 7.05 Å². The van der Waals surface area contributed by atoms with Crippen LogP contribution >= 0.6 is 0 Å². The Balaban J connectivity index is 2.17. The summed E-state index contributed by atoms with van der Waals surface area (Å²) in [6, 6.07) is 6.56. The highest BCUT2D eigenvalue weighted by atomic mass is 16.3. The number of nitrogens with zero attached hydrogens (tertiary/aromatic N) is 3. The lowest BCUT2D eigenvalue weighted by atomic mass is 9.96. The van der Waals surface area contributed by atoms with Gasteiger partial charge in [0.2, 0.25) is 0 Å². The van der Waals surface area contributed by atoms with Crippen molar-refractivity contribution in [1.82, 2.24) is 14.5 Å². The molecule has 4 nitrogen and oxygen atoms in total. The van der Waals surface area contributed by atoms with Crippen LogP contribution in [0.1, 0.15) is 68.5 Å². The summed E-state index contributed by atoms with van der Waals surface area (Å²) >= 11 is 0. The molecule has 0 saturated carbocycles. The molecule has 0 spiro atoms. The van der Waals surface area contributed by atoms with Crippen LogP contribution in [0.3, 0.4) is 0 Å². The third-order valence-electron chi connectivity index (χ3n) is 5.44. The molecule has 0 saturated heterocycles. The topological polar surface area (TPSA) is 50.9 Å². The van der Waals surface area contributed by atoms with Gasteiger partial charge in [-0.25, -0.2) is 4.98 Å². The van der Waals surface area contributed by atoms with E-state index >= 15 is 0 Å². The molecule has 0 fully saturated rings. The highest BCUT2D eigenvalue weighted by Gasteiger charge is 2.18. The van der Waals surface area contributed by atoms with E-state index in [2.05, 4.69) is 63.6 Å². The second-order valence-electron chi connectivity index (χ2n) is 7.87. The van der Waals surface area contributed by atoms with Gasteiger partial charge in [-0.15, -0.1) is 0 Å². The van der Waals surface area contributed by atoms with Gasteiger partial charge in [0.25, 0.3) is 0 Å². The Bertz CT molecular complexity index is 956. The second kappa shape index (κ2) is 7.81. The molecule has 3 aromatic rings. The summed E-state index contributed by atoms with van der Waals surface area (Å²) in [4.78, 5) is 9.95. The Morgan fingerprint density at radius 1 is 1.15 bits per heavy atom. The lowest BCUT2D eigenvalue weighted by Gasteiger charge is -2.14. The quantitative estimate of drug-likeness (QED) is 0.660. The van der Waals surface area contributed by atoms with Crippen LogP contribution in [0.25, 0.3) is 22.3 Å². The number of aromatic nitrogens is 3. The minimum Gasteiger partial charge on any atom is -0.396 e. The molecule has 0 aliphatic rings. The van der Waals surface area contributed by atoms with E-state index in [1.54, 1.807) is 0 Å². The third-order valence-corrected chi connectivity index (χ3v) is 5.44. The fourth-order valence-corrected chi connectivity index (χ4v) is 3.76. The Labute approximate surface area is 162 Å². The minimum absolute atomic E-state index is 0.204. The van der Waals surface area contributed by atoms with Crippen molar-refractivity contribution in [3.8, 4) is 11.3 Å². The molecule has 1 atom stereocenters. The molecule has 27 heavy (non-hydrogen) atoms. The Kier molecular flexibility index (Phi) is 5.66. The number of hydrogen-bond donors (Lipinski definition) is 1. The molecule has 0 bridgehead atoms. The van der Waals surface area contributed by atoms with Gasteiger partial charge < -0.3 is 9.67 Å². The number of aliphatic hydroxyl groups excluding tert-OH is 1. The number of aryl methyl sites for hydroxylation is 3. The molecule has 3 rings (SSSR count). The fraction of sp³-hybridized carbons (Fsp3) is 0.478. The monoisotopic (exact) mass is 365 g/mol. The molecule has 4 heteroatoms. The van der Waals surface area contributed by atoms with E-state index in [4.69, 9.17) is 9.97 Å². The van der Waals surface area contributed by atoms with Crippen LogP contribution in [-0.2, 0) is 13.5 Å². The van der Waals surface area contributed by atoms with Crippen molar-refractivity contribution in [3.63, 3.8) is 0 Å². The highest BCUT2D eigenvalue weighted by Crippen LogP contribution is 2.33. The molecule has 0 unspecified atom stereocenters. The van der Waals surface area contributed by atoms with Crippen molar-refractivity contribution in [2.24, 2.45) is 7.05 Å². The molecule has 144 valence electrons. The first-order valence-electron chi connectivity index (χ1n) is 9.94. The lowest BCUT2D eigenvalue weighted by molar-refractivity contribution is 0.279.